The third-order valence-corrected chi connectivity index (χ3v) is 3.41. The Kier molecular flexibility index (Phi) is 3.40. The number of aromatic nitrogens is 2. The van der Waals surface area contributed by atoms with Gasteiger partial charge in [-0.25, -0.2) is 4.98 Å². The van der Waals surface area contributed by atoms with Crippen molar-refractivity contribution < 1.29 is 9.90 Å². The first-order chi connectivity index (χ1) is 7.68. The number of carboxylic acids is 1. The number of anilines is 1. The average Bonchev–Trinajstić information content (AvgIpc) is 2.20. The average molecular weight is 237 g/mol. The van der Waals surface area contributed by atoms with Crippen LogP contribution in [0, 0.1) is 12.3 Å². The Balaban J connectivity index is 3.02. The molecule has 1 aromatic heterocycles. The summed E-state index contributed by atoms with van der Waals surface area (Å²) in [6.45, 7) is 8.89. The zero-order chi connectivity index (χ0) is 13.3. The molecule has 0 saturated carbocycles. The number of nitrogens with one attached hydrogen (secondary N) is 1. The van der Waals surface area contributed by atoms with Gasteiger partial charge in [0, 0.05) is 17.9 Å². The molecule has 0 radical (unpaired) electrons. The lowest BCUT2D eigenvalue weighted by Gasteiger charge is -2.39. The van der Waals surface area contributed by atoms with E-state index in [4.69, 9.17) is 0 Å². The highest BCUT2D eigenvalue weighted by Gasteiger charge is 2.43. The smallest absolute Gasteiger partial charge is 0.311 e. The van der Waals surface area contributed by atoms with Crippen LogP contribution in [0.4, 0.5) is 5.82 Å². The zero-order valence-corrected chi connectivity index (χ0v) is 10.9. The molecule has 1 heterocycles. The van der Waals surface area contributed by atoms with Crippen LogP contribution in [0.2, 0.25) is 0 Å². The van der Waals surface area contributed by atoms with Crippen LogP contribution in [0.3, 0.4) is 0 Å². The second-order valence-electron chi connectivity index (χ2n) is 5.17. The van der Waals surface area contributed by atoms with Gasteiger partial charge in [-0.3, -0.25) is 9.78 Å². The topological polar surface area (TPSA) is 75.1 Å². The largest absolute Gasteiger partial charge is 0.481 e. The molecular formula is C12H19N3O2. The number of rotatable bonds is 4. The normalized spacial score (nSPS) is 12.3. The quantitative estimate of drug-likeness (QED) is 0.838. The van der Waals surface area contributed by atoms with Crippen LogP contribution < -0.4 is 5.32 Å². The van der Waals surface area contributed by atoms with E-state index in [0.29, 0.717) is 5.82 Å². The zero-order valence-electron chi connectivity index (χ0n) is 10.9. The van der Waals surface area contributed by atoms with Gasteiger partial charge in [0.2, 0.25) is 0 Å². The second kappa shape index (κ2) is 4.31. The number of carboxylic acid groups (broad SMARTS) is 1. The fourth-order valence-electron chi connectivity index (χ4n) is 1.25. The van der Waals surface area contributed by atoms with Gasteiger partial charge in [0.1, 0.15) is 5.82 Å². The highest BCUT2D eigenvalue weighted by molar-refractivity contribution is 5.76. The number of carbonyl (C=O) groups is 1. The molecule has 0 aliphatic carbocycles. The predicted molar refractivity (Wildman–Crippen MR) is 65.9 cm³/mol. The number of nitrogens with zero attached hydrogens (tertiary/aromatic N) is 2. The monoisotopic (exact) mass is 237 g/mol. The summed E-state index contributed by atoms with van der Waals surface area (Å²) < 4.78 is 0. The van der Waals surface area contributed by atoms with E-state index in [2.05, 4.69) is 15.3 Å². The second-order valence-corrected chi connectivity index (χ2v) is 5.17. The molecule has 0 unspecified atom stereocenters. The van der Waals surface area contributed by atoms with Crippen molar-refractivity contribution in [1.29, 1.82) is 0 Å². The van der Waals surface area contributed by atoms with Gasteiger partial charge in [-0.05, 0) is 34.6 Å². The predicted octanol–water partition coefficient (Wildman–Crippen LogP) is 2.09. The van der Waals surface area contributed by atoms with Crippen molar-refractivity contribution in [1.82, 2.24) is 9.97 Å². The molecule has 0 bridgehead atoms. The molecule has 0 aliphatic rings. The number of hydrogen-bond donors (Lipinski definition) is 2. The summed E-state index contributed by atoms with van der Waals surface area (Å²) in [6, 6.07) is 0. The molecule has 5 nitrogen and oxygen atoms in total. The molecule has 5 heteroatoms. The van der Waals surface area contributed by atoms with Crippen molar-refractivity contribution in [2.45, 2.75) is 40.2 Å². The van der Waals surface area contributed by atoms with E-state index in [1.807, 2.05) is 20.8 Å². The van der Waals surface area contributed by atoms with Crippen molar-refractivity contribution in [3.8, 4) is 0 Å². The highest BCUT2D eigenvalue weighted by atomic mass is 16.4. The van der Waals surface area contributed by atoms with E-state index < -0.39 is 16.9 Å². The molecular weight excluding hydrogens is 218 g/mol. The maximum atomic E-state index is 11.3. The Morgan fingerprint density at radius 2 is 1.76 bits per heavy atom. The molecule has 1 aromatic rings. The van der Waals surface area contributed by atoms with Crippen molar-refractivity contribution in [3.63, 3.8) is 0 Å². The fourth-order valence-corrected chi connectivity index (χ4v) is 1.25. The maximum absolute atomic E-state index is 11.3. The number of hydrogen-bond acceptors (Lipinski definition) is 4. The van der Waals surface area contributed by atoms with Gasteiger partial charge in [0.25, 0.3) is 0 Å². The van der Waals surface area contributed by atoms with Crippen LogP contribution in [0.5, 0.6) is 0 Å². The Morgan fingerprint density at radius 1 is 1.24 bits per heavy atom. The van der Waals surface area contributed by atoms with Gasteiger partial charge < -0.3 is 10.4 Å². The first-order valence-electron chi connectivity index (χ1n) is 5.47. The van der Waals surface area contributed by atoms with Crippen LogP contribution in [0.1, 0.15) is 33.4 Å². The molecule has 0 atom stereocenters. The summed E-state index contributed by atoms with van der Waals surface area (Å²) >= 11 is 0. The van der Waals surface area contributed by atoms with E-state index in [-0.39, 0.29) is 0 Å². The molecule has 17 heavy (non-hydrogen) atoms. The van der Waals surface area contributed by atoms with Gasteiger partial charge in [0.05, 0.1) is 11.1 Å². The van der Waals surface area contributed by atoms with Crippen molar-refractivity contribution in [3.05, 3.63) is 18.1 Å². The van der Waals surface area contributed by atoms with Gasteiger partial charge in [-0.15, -0.1) is 0 Å². The number of aryl methyl sites for hydroxylation is 1. The molecule has 0 saturated heterocycles. The van der Waals surface area contributed by atoms with Crippen LogP contribution >= 0.6 is 0 Å². The first kappa shape index (κ1) is 13.4. The number of aliphatic carboxylic acids is 1. The van der Waals surface area contributed by atoms with Crippen LogP contribution in [-0.4, -0.2) is 26.6 Å². The van der Waals surface area contributed by atoms with Gasteiger partial charge >= 0.3 is 5.97 Å². The lowest BCUT2D eigenvalue weighted by atomic mass is 9.74. The molecule has 0 fully saturated rings. The minimum atomic E-state index is -0.920. The summed E-state index contributed by atoms with van der Waals surface area (Å²) in [5.74, 6) is -0.233. The molecule has 0 amide bonds. The fraction of sp³-hybridized carbons (Fsp3) is 0.583. The van der Waals surface area contributed by atoms with E-state index in [1.54, 1.807) is 26.2 Å². The van der Waals surface area contributed by atoms with Gasteiger partial charge in [-0.2, -0.15) is 0 Å². The maximum Gasteiger partial charge on any atom is 0.311 e. The van der Waals surface area contributed by atoms with Crippen LogP contribution in [0.15, 0.2) is 12.4 Å². The minimum absolute atomic E-state index is 0.617. The van der Waals surface area contributed by atoms with Crippen LogP contribution in [-0.2, 0) is 4.79 Å². The third-order valence-electron chi connectivity index (χ3n) is 3.41. The molecule has 94 valence electrons. The lowest BCUT2D eigenvalue weighted by Crippen LogP contribution is -2.50. The van der Waals surface area contributed by atoms with Crippen molar-refractivity contribution in [2.24, 2.45) is 5.41 Å². The summed E-state index contributed by atoms with van der Waals surface area (Å²) in [4.78, 5) is 19.6. The summed E-state index contributed by atoms with van der Waals surface area (Å²) in [6.07, 6.45) is 3.19. The molecule has 0 spiro atoms. The standard InChI is InChI=1S/C12H19N3O2/c1-8-9(14-7-6-13-8)15-12(4,5)11(2,3)10(16)17/h6-7H,1-5H3,(H,14,15)(H,16,17). The third kappa shape index (κ3) is 2.54. The van der Waals surface area contributed by atoms with Crippen molar-refractivity contribution in [2.75, 3.05) is 5.32 Å². The van der Waals surface area contributed by atoms with Crippen LogP contribution in [0.25, 0.3) is 0 Å². The molecule has 0 aliphatic heterocycles. The summed E-state index contributed by atoms with van der Waals surface area (Å²) in [5, 5.41) is 12.4. The van der Waals surface area contributed by atoms with Gasteiger partial charge in [0.15, 0.2) is 0 Å². The first-order valence-corrected chi connectivity index (χ1v) is 5.47. The molecule has 0 aromatic carbocycles. The van der Waals surface area contributed by atoms with E-state index in [9.17, 15) is 9.90 Å². The van der Waals surface area contributed by atoms with E-state index in [1.165, 1.54) is 0 Å². The van der Waals surface area contributed by atoms with Gasteiger partial charge in [-0.1, -0.05) is 0 Å². The Hall–Kier alpha value is -1.65. The SMILES string of the molecule is Cc1nccnc1NC(C)(C)C(C)(C)C(=O)O. The van der Waals surface area contributed by atoms with E-state index in [0.717, 1.165) is 5.69 Å². The summed E-state index contributed by atoms with van der Waals surface area (Å²) in [5.41, 5.74) is -0.807. The highest BCUT2D eigenvalue weighted by Crippen LogP contribution is 2.33. The minimum Gasteiger partial charge on any atom is -0.481 e. The molecule has 1 rings (SSSR count). The Morgan fingerprint density at radius 3 is 2.24 bits per heavy atom. The summed E-state index contributed by atoms with van der Waals surface area (Å²) in [7, 11) is 0. The van der Waals surface area contributed by atoms with E-state index >= 15 is 0 Å². The van der Waals surface area contributed by atoms with Crippen molar-refractivity contribution >= 4 is 11.8 Å². The Bertz CT molecular complexity index is 428. The lowest BCUT2D eigenvalue weighted by molar-refractivity contribution is -0.149. The Labute approximate surface area is 101 Å². The molecule has 2 N–H and O–H groups in total.